The van der Waals surface area contributed by atoms with Crippen molar-refractivity contribution >= 4 is 22.6 Å². The van der Waals surface area contributed by atoms with Gasteiger partial charge in [0.15, 0.2) is 0 Å². The number of carbonyl (C=O) groups excluding carboxylic acids is 1. The second-order valence-electron chi connectivity index (χ2n) is 6.67. The molecule has 0 aliphatic rings. The fourth-order valence-corrected chi connectivity index (χ4v) is 3.13. The largest absolute Gasteiger partial charge is 0.507 e. The van der Waals surface area contributed by atoms with Gasteiger partial charge >= 0.3 is 6.30 Å². The Bertz CT molecular complexity index is 1060. The fraction of sp³-hybridized carbons (Fsp3) is 0.318. The monoisotopic (exact) mass is 471 g/mol. The zero-order valence-electron chi connectivity index (χ0n) is 18.5. The number of fused-ring (bicyclic) bond motifs is 1. The highest BCUT2D eigenvalue weighted by Gasteiger charge is 2.37. The summed E-state index contributed by atoms with van der Waals surface area (Å²) in [6, 6.07) is 11.8. The quantitative estimate of drug-likeness (QED) is 0.292. The van der Waals surface area contributed by atoms with Gasteiger partial charge in [0.25, 0.3) is 5.91 Å². The summed E-state index contributed by atoms with van der Waals surface area (Å²) in [4.78, 5) is 18.0. The minimum atomic E-state index is -4.82. The molecule has 1 amide bonds. The van der Waals surface area contributed by atoms with Gasteiger partial charge in [0.1, 0.15) is 17.2 Å². The van der Waals surface area contributed by atoms with Crippen LogP contribution in [0.2, 0.25) is 0 Å². The molecule has 2 N–H and O–H groups in total. The molecule has 3 rings (SSSR count). The highest BCUT2D eigenvalue weighted by molar-refractivity contribution is 6.11. The van der Waals surface area contributed by atoms with E-state index in [1.165, 1.54) is 12.1 Å². The Morgan fingerprint density at radius 3 is 2.18 bits per heavy atom. The van der Waals surface area contributed by atoms with Crippen LogP contribution in [0.15, 0.2) is 46.9 Å². The van der Waals surface area contributed by atoms with Gasteiger partial charge in [-0.15, -0.1) is 0 Å². The molecule has 0 aliphatic heterocycles. The molecule has 0 aliphatic carbocycles. The van der Waals surface area contributed by atoms with Gasteiger partial charge in [0, 0.05) is 48.1 Å². The number of hydroxylamine groups is 2. The number of rotatable bonds is 6. The summed E-state index contributed by atoms with van der Waals surface area (Å²) >= 11 is 0. The van der Waals surface area contributed by atoms with Crippen LogP contribution in [0.5, 0.6) is 0 Å². The van der Waals surface area contributed by atoms with Gasteiger partial charge in [0.05, 0.1) is 12.7 Å². The van der Waals surface area contributed by atoms with Gasteiger partial charge in [0.2, 0.25) is 0 Å². The number of nitrogens with zero attached hydrogens (tertiary/aromatic N) is 2. The van der Waals surface area contributed by atoms with Crippen LogP contribution in [0.25, 0.3) is 22.3 Å². The number of carbonyl (C=O) groups is 1. The smallest absolute Gasteiger partial charge is 0.455 e. The molecular weight excluding hydrogens is 446 g/mol. The Morgan fingerprint density at radius 2 is 1.73 bits per heavy atom. The maximum absolute atomic E-state index is 13.2. The van der Waals surface area contributed by atoms with Crippen LogP contribution in [-0.4, -0.2) is 49.9 Å². The molecule has 3 aromatic rings. The fourth-order valence-electron chi connectivity index (χ4n) is 3.13. The SMILES string of the molecule is CCN(CC)c1ccc2c(C(=O)NC)c(-c3ccc(F)cc3)oc2c1.CON(O)C(F)(F)F. The van der Waals surface area contributed by atoms with E-state index in [1.807, 2.05) is 18.2 Å². The Balaban J connectivity index is 0.000000414. The first-order chi connectivity index (χ1) is 15.6. The number of hydrogen-bond donors (Lipinski definition) is 2. The number of benzene rings is 2. The van der Waals surface area contributed by atoms with Crippen LogP contribution in [0, 0.1) is 5.82 Å². The standard InChI is InChI=1S/C20H21FN2O2.C2H4F3NO2/c1-4-23(5-2)15-10-11-16-17(12-15)25-19(18(16)20(24)22-3)13-6-8-14(21)9-7-13;1-8-6(7)2(3,4)5/h6-12H,4-5H2,1-3H3,(H,22,24);7H,1H3. The highest BCUT2D eigenvalue weighted by atomic mass is 19.4. The molecular formula is C22H25F4N3O4. The lowest BCUT2D eigenvalue weighted by Gasteiger charge is -2.20. The van der Waals surface area contributed by atoms with E-state index in [4.69, 9.17) is 9.62 Å². The van der Waals surface area contributed by atoms with Gasteiger partial charge in [-0.1, -0.05) is 0 Å². The summed E-state index contributed by atoms with van der Waals surface area (Å²) in [6.45, 7) is 5.96. The lowest BCUT2D eigenvalue weighted by molar-refractivity contribution is -0.479. The summed E-state index contributed by atoms with van der Waals surface area (Å²) in [5, 5.41) is 9.90. The molecule has 0 saturated heterocycles. The number of amides is 1. The van der Waals surface area contributed by atoms with E-state index in [1.54, 1.807) is 19.2 Å². The molecule has 2 aromatic carbocycles. The zero-order valence-corrected chi connectivity index (χ0v) is 18.5. The number of furan rings is 1. The molecule has 0 fully saturated rings. The Kier molecular flexibility index (Phi) is 8.80. The first-order valence-corrected chi connectivity index (χ1v) is 9.96. The number of halogens is 4. The topological polar surface area (TPSA) is 78.2 Å². The van der Waals surface area contributed by atoms with Crippen LogP contribution in [-0.2, 0) is 4.84 Å². The normalized spacial score (nSPS) is 11.3. The van der Waals surface area contributed by atoms with E-state index >= 15 is 0 Å². The van der Waals surface area contributed by atoms with E-state index in [9.17, 15) is 22.4 Å². The molecule has 11 heteroatoms. The van der Waals surface area contributed by atoms with Gasteiger partial charge in [-0.2, -0.15) is 13.2 Å². The third-order valence-electron chi connectivity index (χ3n) is 4.75. The van der Waals surface area contributed by atoms with Crippen molar-refractivity contribution in [3.05, 3.63) is 53.8 Å². The van der Waals surface area contributed by atoms with E-state index < -0.39 is 11.5 Å². The molecule has 7 nitrogen and oxygen atoms in total. The summed E-state index contributed by atoms with van der Waals surface area (Å²) in [5.74, 6) is -0.107. The van der Waals surface area contributed by atoms with Crippen molar-refractivity contribution in [1.29, 1.82) is 0 Å². The van der Waals surface area contributed by atoms with Crippen molar-refractivity contribution in [3.8, 4) is 11.3 Å². The average Bonchev–Trinajstić information content (AvgIpc) is 3.18. The van der Waals surface area contributed by atoms with Crippen molar-refractivity contribution in [3.63, 3.8) is 0 Å². The van der Waals surface area contributed by atoms with Gasteiger partial charge in [-0.3, -0.25) is 14.8 Å². The molecule has 0 unspecified atom stereocenters. The lowest BCUT2D eigenvalue weighted by Crippen LogP contribution is -2.33. The maximum atomic E-state index is 13.2. The van der Waals surface area contributed by atoms with Crippen molar-refractivity contribution in [2.45, 2.75) is 20.1 Å². The molecule has 180 valence electrons. The first kappa shape index (κ1) is 26.1. The summed E-state index contributed by atoms with van der Waals surface area (Å²) < 4.78 is 52.3. The molecule has 0 saturated carbocycles. The van der Waals surface area contributed by atoms with Crippen molar-refractivity contribution in [2.24, 2.45) is 0 Å². The summed E-state index contributed by atoms with van der Waals surface area (Å²) in [6.07, 6.45) is -4.82. The average molecular weight is 471 g/mol. The van der Waals surface area contributed by atoms with Gasteiger partial charge in [-0.25, -0.2) is 4.39 Å². The molecule has 0 radical (unpaired) electrons. The van der Waals surface area contributed by atoms with E-state index in [2.05, 4.69) is 28.9 Å². The van der Waals surface area contributed by atoms with Crippen molar-refractivity contribution in [1.82, 2.24) is 10.5 Å². The van der Waals surface area contributed by atoms with Crippen LogP contribution >= 0.6 is 0 Å². The minimum absolute atomic E-state index is 0.228. The first-order valence-electron chi connectivity index (χ1n) is 9.96. The Morgan fingerprint density at radius 1 is 1.12 bits per heavy atom. The van der Waals surface area contributed by atoms with Crippen LogP contribution in [0.3, 0.4) is 0 Å². The third-order valence-corrected chi connectivity index (χ3v) is 4.75. The Labute approximate surface area is 188 Å². The van der Waals surface area contributed by atoms with Gasteiger partial charge < -0.3 is 14.6 Å². The Hall–Kier alpha value is -3.15. The van der Waals surface area contributed by atoms with E-state index in [0.29, 0.717) is 29.6 Å². The molecule has 1 aromatic heterocycles. The van der Waals surface area contributed by atoms with Crippen LogP contribution in [0.1, 0.15) is 24.2 Å². The number of anilines is 1. The number of hydrogen-bond acceptors (Lipinski definition) is 6. The van der Waals surface area contributed by atoms with E-state index in [0.717, 1.165) is 24.2 Å². The number of nitrogens with one attached hydrogen (secondary N) is 1. The van der Waals surface area contributed by atoms with E-state index in [-0.39, 0.29) is 11.7 Å². The predicted octanol–water partition coefficient (Wildman–Crippen LogP) is 5.20. The molecule has 33 heavy (non-hydrogen) atoms. The van der Waals surface area contributed by atoms with Gasteiger partial charge in [-0.05, 0) is 50.2 Å². The third kappa shape index (κ3) is 6.21. The highest BCUT2D eigenvalue weighted by Crippen LogP contribution is 2.35. The number of alkyl halides is 3. The van der Waals surface area contributed by atoms with Crippen LogP contribution < -0.4 is 10.2 Å². The maximum Gasteiger partial charge on any atom is 0.507 e. The second kappa shape index (κ2) is 11.1. The zero-order chi connectivity index (χ0) is 24.8. The summed E-state index contributed by atoms with van der Waals surface area (Å²) in [7, 11) is 2.29. The van der Waals surface area contributed by atoms with Crippen LogP contribution in [0.4, 0.5) is 23.2 Å². The minimum Gasteiger partial charge on any atom is -0.455 e. The molecule has 0 spiro atoms. The van der Waals surface area contributed by atoms with Crippen molar-refractivity contribution in [2.75, 3.05) is 32.1 Å². The molecule has 1 heterocycles. The molecule has 0 atom stereocenters. The molecule has 0 bridgehead atoms. The predicted molar refractivity (Wildman–Crippen MR) is 115 cm³/mol. The lowest BCUT2D eigenvalue weighted by atomic mass is 10.0. The summed E-state index contributed by atoms with van der Waals surface area (Å²) in [5.41, 5.74) is 2.82. The van der Waals surface area contributed by atoms with Crippen molar-refractivity contribution < 1.29 is 36.8 Å². The second-order valence-corrected chi connectivity index (χ2v) is 6.67.